The highest BCUT2D eigenvalue weighted by atomic mass is 32.2. The summed E-state index contributed by atoms with van der Waals surface area (Å²) >= 11 is 1.57. The van der Waals surface area contributed by atoms with Crippen molar-refractivity contribution in [3.05, 3.63) is 70.8 Å². The maximum Gasteiger partial charge on any atom is 0.274 e. The first-order valence-corrected chi connectivity index (χ1v) is 9.08. The Hall–Kier alpha value is -2.80. The second kappa shape index (κ2) is 7.85. The van der Waals surface area contributed by atoms with Crippen LogP contribution in [0.3, 0.4) is 0 Å². The quantitative estimate of drug-likeness (QED) is 0.548. The first-order chi connectivity index (χ1) is 12.3. The molecule has 0 saturated carbocycles. The van der Waals surface area contributed by atoms with Crippen LogP contribution in [0.4, 0.5) is 0 Å². The highest BCUT2D eigenvalue weighted by molar-refractivity contribution is 7.98. The van der Waals surface area contributed by atoms with Gasteiger partial charge in [0.25, 0.3) is 5.56 Å². The molecule has 0 atom stereocenters. The molecule has 0 bridgehead atoms. The van der Waals surface area contributed by atoms with Gasteiger partial charge in [-0.25, -0.2) is 9.97 Å². The number of H-pyrrole nitrogens is 2. The van der Waals surface area contributed by atoms with Crippen molar-refractivity contribution < 1.29 is 0 Å². The number of aromatic amines is 2. The Morgan fingerprint density at radius 3 is 2.68 bits per heavy atom. The molecule has 25 heavy (non-hydrogen) atoms. The Morgan fingerprint density at radius 2 is 1.92 bits per heavy atom. The van der Waals surface area contributed by atoms with Crippen molar-refractivity contribution in [3.63, 3.8) is 0 Å². The Labute approximate surface area is 149 Å². The number of aromatic nitrogens is 5. The van der Waals surface area contributed by atoms with E-state index in [1.165, 1.54) is 4.68 Å². The zero-order valence-electron chi connectivity index (χ0n) is 14.1. The minimum Gasteiger partial charge on any atom is -0.322 e. The molecule has 0 saturated heterocycles. The van der Waals surface area contributed by atoms with E-state index in [4.69, 9.17) is 0 Å². The zero-order chi connectivity index (χ0) is 17.6. The van der Waals surface area contributed by atoms with Crippen molar-refractivity contribution in [3.8, 4) is 5.95 Å². The second-order valence-electron chi connectivity index (χ2n) is 4.99. The summed E-state index contributed by atoms with van der Waals surface area (Å²) < 4.78 is 1.42. The van der Waals surface area contributed by atoms with Gasteiger partial charge in [0.05, 0.1) is 16.1 Å². The Morgan fingerprint density at radius 1 is 1.12 bits per heavy atom. The molecule has 0 amide bonds. The standard InChI is InChI=1S/C16H13N5OS.C2H6/c22-15-9-11(10-23-14-7-3-4-8-17-14)20-21(15)16-18-12-5-1-2-6-13(12)19-16;1-2/h1-9,20H,10H2,(H,18,19);1-2H3. The molecule has 0 fully saturated rings. The van der Waals surface area contributed by atoms with Crippen LogP contribution < -0.4 is 5.56 Å². The summed E-state index contributed by atoms with van der Waals surface area (Å²) in [6.45, 7) is 4.00. The molecule has 0 unspecified atom stereocenters. The lowest BCUT2D eigenvalue weighted by Crippen LogP contribution is -2.14. The average Bonchev–Trinajstić information content (AvgIpc) is 3.25. The van der Waals surface area contributed by atoms with Gasteiger partial charge in [-0.1, -0.05) is 32.0 Å². The Bertz CT molecular complexity index is 970. The number of pyridine rings is 1. The van der Waals surface area contributed by atoms with E-state index in [-0.39, 0.29) is 5.56 Å². The predicted molar refractivity (Wildman–Crippen MR) is 101 cm³/mol. The minimum absolute atomic E-state index is 0.138. The first kappa shape index (κ1) is 17.0. The lowest BCUT2D eigenvalue weighted by atomic mass is 10.3. The van der Waals surface area contributed by atoms with Crippen LogP contribution in [0, 0.1) is 0 Å². The molecule has 0 radical (unpaired) electrons. The van der Waals surface area contributed by atoms with E-state index < -0.39 is 0 Å². The molecule has 3 aromatic heterocycles. The van der Waals surface area contributed by atoms with E-state index >= 15 is 0 Å². The SMILES string of the molecule is CC.O=c1cc(CSc2ccccn2)[nH]n1-c1nc2ccccc2[nH]1. The van der Waals surface area contributed by atoms with E-state index in [1.54, 1.807) is 24.0 Å². The van der Waals surface area contributed by atoms with Crippen molar-refractivity contribution in [1.29, 1.82) is 0 Å². The number of hydrogen-bond acceptors (Lipinski definition) is 4. The van der Waals surface area contributed by atoms with Crippen LogP contribution in [-0.2, 0) is 5.75 Å². The van der Waals surface area contributed by atoms with Crippen LogP contribution in [0.2, 0.25) is 0 Å². The third-order valence-electron chi connectivity index (χ3n) is 3.38. The van der Waals surface area contributed by atoms with Crippen molar-refractivity contribution in [2.24, 2.45) is 0 Å². The molecule has 1 aromatic carbocycles. The molecule has 0 aliphatic carbocycles. The summed E-state index contributed by atoms with van der Waals surface area (Å²) in [6.07, 6.45) is 1.75. The maximum absolute atomic E-state index is 12.2. The van der Waals surface area contributed by atoms with Crippen LogP contribution in [0.5, 0.6) is 0 Å². The Balaban J connectivity index is 0.000000880. The molecular formula is C18H19N5OS. The fourth-order valence-electron chi connectivity index (χ4n) is 2.31. The Kier molecular flexibility index (Phi) is 5.35. The van der Waals surface area contributed by atoms with Crippen LogP contribution in [0.15, 0.2) is 64.5 Å². The summed E-state index contributed by atoms with van der Waals surface area (Å²) in [4.78, 5) is 24.0. The monoisotopic (exact) mass is 353 g/mol. The summed E-state index contributed by atoms with van der Waals surface area (Å²) in [6, 6.07) is 15.0. The maximum atomic E-state index is 12.2. The number of rotatable bonds is 4. The fourth-order valence-corrected chi connectivity index (χ4v) is 3.07. The number of imidazole rings is 1. The smallest absolute Gasteiger partial charge is 0.274 e. The van der Waals surface area contributed by atoms with Gasteiger partial charge < -0.3 is 4.98 Å². The van der Waals surface area contributed by atoms with Crippen LogP contribution in [-0.4, -0.2) is 24.7 Å². The molecule has 0 aliphatic heterocycles. The zero-order valence-corrected chi connectivity index (χ0v) is 14.9. The van der Waals surface area contributed by atoms with Crippen molar-refractivity contribution in [2.75, 3.05) is 0 Å². The third-order valence-corrected chi connectivity index (χ3v) is 4.37. The minimum atomic E-state index is -0.138. The summed E-state index contributed by atoms with van der Waals surface area (Å²) in [5.74, 6) is 1.13. The molecule has 7 heteroatoms. The number of para-hydroxylation sites is 2. The number of benzene rings is 1. The van der Waals surface area contributed by atoms with E-state index in [1.807, 2.05) is 56.3 Å². The highest BCUT2D eigenvalue weighted by Gasteiger charge is 2.10. The third kappa shape index (κ3) is 3.83. The van der Waals surface area contributed by atoms with Gasteiger partial charge in [-0.15, -0.1) is 11.8 Å². The molecular weight excluding hydrogens is 334 g/mol. The van der Waals surface area contributed by atoms with Gasteiger partial charge in [0.15, 0.2) is 0 Å². The van der Waals surface area contributed by atoms with Gasteiger partial charge in [0.2, 0.25) is 5.95 Å². The summed E-state index contributed by atoms with van der Waals surface area (Å²) in [5, 5.41) is 4.01. The topological polar surface area (TPSA) is 79.4 Å². The van der Waals surface area contributed by atoms with Crippen LogP contribution in [0.25, 0.3) is 17.0 Å². The van der Waals surface area contributed by atoms with Gasteiger partial charge in [-0.05, 0) is 24.3 Å². The van der Waals surface area contributed by atoms with Crippen LogP contribution in [0.1, 0.15) is 19.5 Å². The number of nitrogens with zero attached hydrogens (tertiary/aromatic N) is 3. The predicted octanol–water partition coefficient (Wildman–Crippen LogP) is 3.76. The molecule has 0 aliphatic rings. The van der Waals surface area contributed by atoms with Gasteiger partial charge in [-0.2, -0.15) is 4.68 Å². The molecule has 4 aromatic rings. The van der Waals surface area contributed by atoms with Gasteiger partial charge >= 0.3 is 0 Å². The van der Waals surface area contributed by atoms with Crippen LogP contribution >= 0.6 is 11.8 Å². The molecule has 128 valence electrons. The molecule has 2 N–H and O–H groups in total. The molecule has 3 heterocycles. The molecule has 0 spiro atoms. The van der Waals surface area contributed by atoms with E-state index in [2.05, 4.69) is 20.1 Å². The number of nitrogens with one attached hydrogen (secondary N) is 2. The van der Waals surface area contributed by atoms with Crippen molar-refractivity contribution in [1.82, 2.24) is 24.7 Å². The van der Waals surface area contributed by atoms with Gasteiger partial charge in [-0.3, -0.25) is 9.89 Å². The number of thioether (sulfide) groups is 1. The lowest BCUT2D eigenvalue weighted by molar-refractivity contribution is 0.789. The largest absolute Gasteiger partial charge is 0.322 e. The average molecular weight is 353 g/mol. The summed E-state index contributed by atoms with van der Waals surface area (Å²) in [7, 11) is 0. The summed E-state index contributed by atoms with van der Waals surface area (Å²) in [5.41, 5.74) is 2.41. The van der Waals surface area contributed by atoms with E-state index in [0.717, 1.165) is 21.8 Å². The number of hydrogen-bond donors (Lipinski definition) is 2. The van der Waals surface area contributed by atoms with Gasteiger partial charge in [0, 0.05) is 23.7 Å². The van der Waals surface area contributed by atoms with E-state index in [0.29, 0.717) is 11.7 Å². The van der Waals surface area contributed by atoms with Crippen molar-refractivity contribution >= 4 is 22.8 Å². The number of fused-ring (bicyclic) bond motifs is 1. The van der Waals surface area contributed by atoms with E-state index in [9.17, 15) is 4.79 Å². The lowest BCUT2D eigenvalue weighted by Gasteiger charge is -1.99. The fraction of sp³-hybridized carbons (Fsp3) is 0.167. The molecule has 4 rings (SSSR count). The van der Waals surface area contributed by atoms with Crippen molar-refractivity contribution in [2.45, 2.75) is 24.6 Å². The second-order valence-corrected chi connectivity index (χ2v) is 5.98. The van der Waals surface area contributed by atoms with Gasteiger partial charge in [0.1, 0.15) is 0 Å². The first-order valence-electron chi connectivity index (χ1n) is 8.09. The molecule has 6 nitrogen and oxygen atoms in total. The highest BCUT2D eigenvalue weighted by Crippen LogP contribution is 2.19. The normalized spacial score (nSPS) is 10.5.